The van der Waals surface area contributed by atoms with Gasteiger partial charge in [0.2, 0.25) is 0 Å². The Morgan fingerprint density at radius 3 is 3.14 bits per heavy atom. The lowest BCUT2D eigenvalue weighted by atomic mass is 10.5. The van der Waals surface area contributed by atoms with E-state index in [4.69, 9.17) is 5.26 Å². The molecule has 0 amide bonds. The van der Waals surface area contributed by atoms with Crippen LogP contribution in [0.3, 0.4) is 0 Å². The van der Waals surface area contributed by atoms with Gasteiger partial charge in [0.1, 0.15) is 11.8 Å². The Morgan fingerprint density at radius 1 is 2.00 bits per heavy atom. The van der Waals surface area contributed by atoms with Gasteiger partial charge in [-0.1, -0.05) is 0 Å². The van der Waals surface area contributed by atoms with Crippen LogP contribution in [0.15, 0.2) is 11.8 Å². The van der Waals surface area contributed by atoms with Crippen molar-refractivity contribution in [2.45, 2.75) is 0 Å². The smallest absolute Gasteiger partial charge is 0.194 e. The van der Waals surface area contributed by atoms with Crippen LogP contribution in [0.2, 0.25) is 0 Å². The summed E-state index contributed by atoms with van der Waals surface area (Å²) in [5, 5.41) is 8.07. The Hall–Kier alpha value is -1.01. The van der Waals surface area contributed by atoms with Gasteiger partial charge in [-0.25, -0.2) is 0 Å². The van der Waals surface area contributed by atoms with Crippen molar-refractivity contribution >= 4 is 0 Å². The van der Waals surface area contributed by atoms with Crippen molar-refractivity contribution in [2.24, 2.45) is 0 Å². The lowest BCUT2D eigenvalue weighted by Crippen LogP contribution is -2.01. The minimum absolute atomic E-state index is 0.389. The van der Waals surface area contributed by atoms with Crippen molar-refractivity contribution in [2.75, 3.05) is 0 Å². The summed E-state index contributed by atoms with van der Waals surface area (Å²) in [4.78, 5) is 4.33. The summed E-state index contributed by atoms with van der Waals surface area (Å²) in [6.45, 7) is 2.33. The van der Waals surface area contributed by atoms with Crippen molar-refractivity contribution in [3.05, 3.63) is 18.4 Å². The highest BCUT2D eigenvalue weighted by molar-refractivity contribution is 5.21. The van der Waals surface area contributed by atoms with Crippen molar-refractivity contribution in [3.63, 3.8) is 0 Å². The third kappa shape index (κ3) is 0.699. The summed E-state index contributed by atoms with van der Waals surface area (Å²) >= 11 is 0. The zero-order valence-electron chi connectivity index (χ0n) is 3.43. The quantitative estimate of drug-likeness (QED) is 0.458. The highest BCUT2D eigenvalue weighted by atomic mass is 16.6. The first-order valence-corrected chi connectivity index (χ1v) is 1.71. The Labute approximate surface area is 41.1 Å². The normalized spacial score (nSPS) is 17.3. The average molecular weight is 94.1 g/mol. The maximum atomic E-state index is 8.07. The van der Waals surface area contributed by atoms with Gasteiger partial charge in [0.05, 0.1) is 0 Å². The van der Waals surface area contributed by atoms with Gasteiger partial charge in [0, 0.05) is 0 Å². The number of hydroxylamine groups is 1. The first-order chi connectivity index (χ1) is 3.43. The van der Waals surface area contributed by atoms with Crippen LogP contribution < -0.4 is 5.48 Å². The maximum Gasteiger partial charge on any atom is 0.194 e. The Morgan fingerprint density at radius 2 is 2.86 bits per heavy atom. The van der Waals surface area contributed by atoms with Crippen molar-refractivity contribution in [1.29, 1.82) is 5.26 Å². The summed E-state index contributed by atoms with van der Waals surface area (Å²) in [5.41, 5.74) is 2.68. The number of nitriles is 1. The predicted octanol–water partition coefficient (Wildman–Crippen LogP) is -0.0325. The van der Waals surface area contributed by atoms with Gasteiger partial charge in [-0.05, 0) is 6.08 Å². The largest absolute Gasteiger partial charge is 0.257 e. The highest BCUT2D eigenvalue weighted by Crippen LogP contribution is 1.97. The monoisotopic (exact) mass is 94.0 g/mol. The number of nitrogens with zero attached hydrogens (tertiary/aromatic N) is 1. The van der Waals surface area contributed by atoms with E-state index in [2.05, 4.69) is 16.9 Å². The van der Waals surface area contributed by atoms with Crippen LogP contribution in [0.4, 0.5) is 0 Å². The molecule has 0 aromatic heterocycles. The molecule has 0 fully saturated rings. The van der Waals surface area contributed by atoms with Crippen molar-refractivity contribution in [3.8, 4) is 6.07 Å². The summed E-state index contributed by atoms with van der Waals surface area (Å²) in [5.74, 6) is 0. The molecule has 3 heteroatoms. The predicted molar refractivity (Wildman–Crippen MR) is 21.2 cm³/mol. The van der Waals surface area contributed by atoms with Gasteiger partial charge >= 0.3 is 0 Å². The number of hydrogen-bond acceptors (Lipinski definition) is 3. The summed E-state index contributed by atoms with van der Waals surface area (Å²) in [6.07, 6.45) is 1.43. The van der Waals surface area contributed by atoms with Crippen LogP contribution in [-0.4, -0.2) is 0 Å². The topological polar surface area (TPSA) is 45.0 Å². The third-order valence-corrected chi connectivity index (χ3v) is 0.544. The van der Waals surface area contributed by atoms with E-state index in [0.717, 1.165) is 0 Å². The van der Waals surface area contributed by atoms with Gasteiger partial charge in [-0.3, -0.25) is 10.3 Å². The summed E-state index contributed by atoms with van der Waals surface area (Å²) in [6, 6.07) is 1.83. The van der Waals surface area contributed by atoms with Crippen molar-refractivity contribution < 1.29 is 4.84 Å². The molecule has 3 nitrogen and oxygen atoms in total. The summed E-state index contributed by atoms with van der Waals surface area (Å²) < 4.78 is 0. The highest BCUT2D eigenvalue weighted by Gasteiger charge is 2.00. The maximum absolute atomic E-state index is 8.07. The van der Waals surface area contributed by atoms with Crippen LogP contribution in [0, 0.1) is 17.9 Å². The van der Waals surface area contributed by atoms with E-state index in [-0.39, 0.29) is 0 Å². The molecule has 0 aromatic carbocycles. The fourth-order valence-corrected chi connectivity index (χ4v) is 0.257. The van der Waals surface area contributed by atoms with Gasteiger partial charge < -0.3 is 0 Å². The van der Waals surface area contributed by atoms with E-state index in [9.17, 15) is 0 Å². The third-order valence-electron chi connectivity index (χ3n) is 0.544. The fraction of sp³-hybridized carbons (Fsp3) is 0. The average Bonchev–Trinajstić information content (AvgIpc) is 2.14. The second kappa shape index (κ2) is 1.63. The zero-order chi connectivity index (χ0) is 5.11. The number of allylic oxidation sites excluding steroid dienone is 1. The molecule has 1 aliphatic rings. The molecule has 0 aliphatic carbocycles. The fourth-order valence-electron chi connectivity index (χ4n) is 0.257. The van der Waals surface area contributed by atoms with Crippen LogP contribution >= 0.6 is 0 Å². The molecular weight excluding hydrogens is 92.1 g/mol. The van der Waals surface area contributed by atoms with Crippen LogP contribution in [-0.2, 0) is 4.84 Å². The molecule has 0 saturated heterocycles. The lowest BCUT2D eigenvalue weighted by Gasteiger charge is -1.86. The number of hydrogen-bond donors (Lipinski definition) is 1. The lowest BCUT2D eigenvalue weighted by molar-refractivity contribution is 0.157. The zero-order valence-corrected chi connectivity index (χ0v) is 3.43. The van der Waals surface area contributed by atoms with Gasteiger partial charge in [-0.15, -0.1) is 0 Å². The second-order valence-corrected chi connectivity index (χ2v) is 0.992. The molecule has 0 bridgehead atoms. The molecule has 1 N–H and O–H groups in total. The first-order valence-electron chi connectivity index (χ1n) is 1.71. The molecule has 0 unspecified atom stereocenters. The first kappa shape index (κ1) is 4.16. The standard InChI is InChI=1S/C4H2N2O/c5-3-4-1-2-7-6-4/h1,6H. The van der Waals surface area contributed by atoms with E-state index in [0.29, 0.717) is 5.70 Å². The molecule has 0 spiro atoms. The Kier molecular flexibility index (Phi) is 0.966. The molecule has 0 saturated carbocycles. The van der Waals surface area contributed by atoms with Gasteiger partial charge in [0.15, 0.2) is 6.61 Å². The minimum Gasteiger partial charge on any atom is -0.257 e. The molecule has 1 aliphatic heterocycles. The van der Waals surface area contributed by atoms with E-state index < -0.39 is 0 Å². The van der Waals surface area contributed by atoms with Gasteiger partial charge in [0.25, 0.3) is 0 Å². The molecule has 7 heavy (non-hydrogen) atoms. The molecule has 1 heterocycles. The Bertz CT molecular complexity index is 133. The molecule has 34 valence electrons. The minimum atomic E-state index is 0.389. The molecule has 1 rings (SSSR count). The number of rotatable bonds is 0. The van der Waals surface area contributed by atoms with E-state index in [1.165, 1.54) is 6.08 Å². The van der Waals surface area contributed by atoms with Crippen molar-refractivity contribution in [1.82, 2.24) is 5.48 Å². The van der Waals surface area contributed by atoms with E-state index in [1.54, 1.807) is 0 Å². The summed E-state index contributed by atoms with van der Waals surface area (Å²) in [7, 11) is 0. The molecule has 2 radical (unpaired) electrons. The van der Waals surface area contributed by atoms with Gasteiger partial charge in [-0.2, -0.15) is 5.26 Å². The SMILES string of the molecule is N#CC1=C[C]ON1. The molecular formula is C4H2N2O. The Balaban J connectivity index is 2.57. The van der Waals surface area contributed by atoms with Crippen LogP contribution in [0.25, 0.3) is 0 Å². The van der Waals surface area contributed by atoms with E-state index in [1.807, 2.05) is 6.07 Å². The molecule has 0 aromatic rings. The van der Waals surface area contributed by atoms with Crippen LogP contribution in [0.1, 0.15) is 0 Å². The number of nitrogens with one attached hydrogen (secondary N) is 1. The second-order valence-electron chi connectivity index (χ2n) is 0.992. The van der Waals surface area contributed by atoms with E-state index >= 15 is 0 Å². The molecule has 0 atom stereocenters. The van der Waals surface area contributed by atoms with Crippen LogP contribution in [0.5, 0.6) is 0 Å².